The molecule has 0 bridgehead atoms. The summed E-state index contributed by atoms with van der Waals surface area (Å²) in [5, 5.41) is 0. The zero-order chi connectivity index (χ0) is 0. The molecule has 0 rings (SSSR count). The largest absolute Gasteiger partial charge is 2.00 e. The summed E-state index contributed by atoms with van der Waals surface area (Å²) in [7, 11) is 0. The zero-order valence-electron chi connectivity index (χ0n) is 3.75. The van der Waals surface area contributed by atoms with E-state index in [1.165, 1.54) is 0 Å². The summed E-state index contributed by atoms with van der Waals surface area (Å²) in [6, 6.07) is 0. The van der Waals surface area contributed by atoms with Gasteiger partial charge in [-0.05, 0) is 0 Å². The first-order valence-corrected chi connectivity index (χ1v) is 0. The third-order valence-electron chi connectivity index (χ3n) is 0. The van der Waals surface area contributed by atoms with Crippen LogP contribution in [0.3, 0.4) is 0 Å². The molecule has 0 aliphatic heterocycles. The first kappa shape index (κ1) is 137. The second-order valence-electron chi connectivity index (χ2n) is 0. The molecule has 0 atom stereocenters. The summed E-state index contributed by atoms with van der Waals surface area (Å²) in [6.07, 6.45) is 0. The molecule has 0 heterocycles. The molecule has 7 heteroatoms. The molecule has 0 unspecified atom stereocenters. The van der Waals surface area contributed by atoms with Crippen LogP contribution in [-0.4, -0.2) is 69.2 Å². The Morgan fingerprint density at radius 1 is 0.429 bits per heavy atom. The van der Waals surface area contributed by atoms with E-state index in [2.05, 4.69) is 0 Å². The molecule has 0 radical (unpaired) electrons. The van der Waals surface area contributed by atoms with Crippen molar-refractivity contribution in [2.75, 3.05) is 0 Å². The SMILES string of the molecule is F.F.[Mg+2].[Mg+2].[Mg+2].[O-2].[O-2]. The molecule has 0 spiro atoms. The van der Waals surface area contributed by atoms with Gasteiger partial charge in [0.05, 0.1) is 0 Å². The van der Waals surface area contributed by atoms with Gasteiger partial charge in [-0.3, -0.25) is 9.41 Å². The molecule has 0 amide bonds. The minimum atomic E-state index is 0. The molecule has 32 valence electrons. The van der Waals surface area contributed by atoms with Crippen LogP contribution in [0.5, 0.6) is 0 Å². The van der Waals surface area contributed by atoms with Gasteiger partial charge in [0.25, 0.3) is 0 Å². The topological polar surface area (TPSA) is 57.0 Å². The fraction of sp³-hybridized carbons (Fsp3) is 0. The van der Waals surface area contributed by atoms with E-state index in [1.807, 2.05) is 0 Å². The Bertz CT molecular complexity index is 10.9. The maximum absolute atomic E-state index is 0. The monoisotopic (exact) mass is 144 g/mol. The molecular weight excluding hydrogens is 143 g/mol. The molecule has 0 saturated heterocycles. The molecule has 0 saturated carbocycles. The number of rotatable bonds is 0. The van der Waals surface area contributed by atoms with Crippen LogP contribution in [0.1, 0.15) is 0 Å². The minimum Gasteiger partial charge on any atom is -2.00 e. The third kappa shape index (κ3) is 69.1. The van der Waals surface area contributed by atoms with Crippen LogP contribution in [0.15, 0.2) is 0 Å². The van der Waals surface area contributed by atoms with Crippen molar-refractivity contribution >= 4 is 69.2 Å². The number of halogens is 2. The van der Waals surface area contributed by atoms with Crippen molar-refractivity contribution in [1.82, 2.24) is 0 Å². The van der Waals surface area contributed by atoms with Crippen LogP contribution < -0.4 is 0 Å². The Hall–Kier alpha value is 2.08. The van der Waals surface area contributed by atoms with Crippen molar-refractivity contribution in [1.29, 1.82) is 0 Å². The van der Waals surface area contributed by atoms with Gasteiger partial charge in [-0.1, -0.05) is 0 Å². The number of hydrogen-bond donors (Lipinski definition) is 0. The fourth-order valence-corrected chi connectivity index (χ4v) is 0. The van der Waals surface area contributed by atoms with Gasteiger partial charge >= 0.3 is 69.2 Å². The predicted molar refractivity (Wildman–Crippen MR) is 23.6 cm³/mol. The maximum Gasteiger partial charge on any atom is 2.00 e. The Labute approximate surface area is 88.6 Å². The van der Waals surface area contributed by atoms with Crippen LogP contribution in [0, 0.1) is 0 Å². The zero-order valence-corrected chi connectivity index (χ0v) is 8.00. The van der Waals surface area contributed by atoms with Gasteiger partial charge in [-0.2, -0.15) is 0 Å². The summed E-state index contributed by atoms with van der Waals surface area (Å²) >= 11 is 0. The van der Waals surface area contributed by atoms with Crippen LogP contribution in [-0.2, 0) is 11.0 Å². The van der Waals surface area contributed by atoms with Crippen molar-refractivity contribution in [2.45, 2.75) is 0 Å². The summed E-state index contributed by atoms with van der Waals surface area (Å²) in [5.74, 6) is 0. The van der Waals surface area contributed by atoms with Gasteiger partial charge < -0.3 is 11.0 Å². The molecule has 0 aromatic carbocycles. The maximum atomic E-state index is 0. The average molecular weight is 145 g/mol. The van der Waals surface area contributed by atoms with E-state index in [1.54, 1.807) is 0 Å². The third-order valence-corrected chi connectivity index (χ3v) is 0. The van der Waals surface area contributed by atoms with E-state index in [-0.39, 0.29) is 89.5 Å². The summed E-state index contributed by atoms with van der Waals surface area (Å²) in [4.78, 5) is 0. The van der Waals surface area contributed by atoms with Gasteiger partial charge in [0.2, 0.25) is 0 Å². The van der Waals surface area contributed by atoms with Crippen molar-refractivity contribution in [3.63, 3.8) is 0 Å². The molecule has 0 aromatic heterocycles. The minimum absolute atomic E-state index is 0. The predicted octanol–water partition coefficient (Wildman–Crippen LogP) is -1.08. The van der Waals surface area contributed by atoms with E-state index in [0.717, 1.165) is 0 Å². The van der Waals surface area contributed by atoms with Gasteiger partial charge in [0.1, 0.15) is 0 Å². The average Bonchev–Trinajstić information content (AvgIpc) is 0. The van der Waals surface area contributed by atoms with Crippen molar-refractivity contribution in [3.8, 4) is 0 Å². The Kier molecular flexibility index (Phi) is 1840. The molecule has 0 aliphatic rings. The van der Waals surface area contributed by atoms with Gasteiger partial charge in [0.15, 0.2) is 0 Å². The van der Waals surface area contributed by atoms with Gasteiger partial charge in [0, 0.05) is 0 Å². The second kappa shape index (κ2) is 93.7. The van der Waals surface area contributed by atoms with Crippen LogP contribution in [0.2, 0.25) is 0 Å². The fourth-order valence-electron chi connectivity index (χ4n) is 0. The van der Waals surface area contributed by atoms with Crippen molar-refractivity contribution in [2.24, 2.45) is 0 Å². The number of hydrogen-bond acceptors (Lipinski definition) is 0. The molecule has 0 N–H and O–H groups in total. The second-order valence-corrected chi connectivity index (χ2v) is 0. The van der Waals surface area contributed by atoms with Crippen molar-refractivity contribution in [3.05, 3.63) is 0 Å². The Morgan fingerprint density at radius 3 is 0.429 bits per heavy atom. The smallest absolute Gasteiger partial charge is 2.00 e. The molecule has 0 aliphatic carbocycles. The quantitative estimate of drug-likeness (QED) is 0.389. The standard InChI is InChI=1S/2FH.3Mg.2O/h2*1H;;;;;/q;;3*+2;2*-2. The summed E-state index contributed by atoms with van der Waals surface area (Å²) in [6.45, 7) is 0. The van der Waals surface area contributed by atoms with Crippen LogP contribution >= 0.6 is 0 Å². The van der Waals surface area contributed by atoms with Crippen LogP contribution in [0.4, 0.5) is 9.41 Å². The summed E-state index contributed by atoms with van der Waals surface area (Å²) < 4.78 is 0. The van der Waals surface area contributed by atoms with Gasteiger partial charge in [-0.15, -0.1) is 0 Å². The van der Waals surface area contributed by atoms with E-state index in [9.17, 15) is 0 Å². The van der Waals surface area contributed by atoms with E-state index in [0.29, 0.717) is 0 Å². The Morgan fingerprint density at radius 2 is 0.429 bits per heavy atom. The molecule has 7 heavy (non-hydrogen) atoms. The first-order chi connectivity index (χ1) is 0. The van der Waals surface area contributed by atoms with E-state index < -0.39 is 0 Å². The van der Waals surface area contributed by atoms with Crippen LogP contribution in [0.25, 0.3) is 0 Å². The molecule has 0 fully saturated rings. The summed E-state index contributed by atoms with van der Waals surface area (Å²) in [5.41, 5.74) is 0. The van der Waals surface area contributed by atoms with E-state index in [4.69, 9.17) is 0 Å². The molecular formula is H2F2Mg3O2+2. The van der Waals surface area contributed by atoms with Crippen molar-refractivity contribution < 1.29 is 20.4 Å². The van der Waals surface area contributed by atoms with Gasteiger partial charge in [-0.25, -0.2) is 0 Å². The molecule has 2 nitrogen and oxygen atoms in total. The normalized spacial score (nSPS) is 0. The molecule has 0 aromatic rings. The Balaban J connectivity index is 0. The first-order valence-electron chi connectivity index (χ1n) is 0. The van der Waals surface area contributed by atoms with E-state index >= 15 is 0 Å².